The molecular formula is C24H25N5O3. The summed E-state index contributed by atoms with van der Waals surface area (Å²) in [6.45, 7) is 5.26. The number of hydrogen-bond donors (Lipinski definition) is 2. The molecule has 0 radical (unpaired) electrons. The molecule has 1 saturated heterocycles. The number of aromatic nitrogens is 2. The smallest absolute Gasteiger partial charge is 0.319 e. The average Bonchev–Trinajstić information content (AvgIpc) is 3.27. The van der Waals surface area contributed by atoms with Crippen molar-refractivity contribution >= 4 is 23.7 Å². The van der Waals surface area contributed by atoms with E-state index in [9.17, 15) is 14.4 Å². The molecule has 2 heterocycles. The predicted molar refractivity (Wildman–Crippen MR) is 120 cm³/mol. The second-order valence-electron chi connectivity index (χ2n) is 7.91. The third kappa shape index (κ3) is 3.75. The van der Waals surface area contributed by atoms with Gasteiger partial charge in [-0.2, -0.15) is 5.10 Å². The molecule has 0 saturated carbocycles. The van der Waals surface area contributed by atoms with Crippen LogP contribution in [0.2, 0.25) is 0 Å². The number of nitrogens with one attached hydrogen (secondary N) is 2. The third-order valence-corrected chi connectivity index (χ3v) is 5.65. The van der Waals surface area contributed by atoms with Gasteiger partial charge in [-0.1, -0.05) is 55.0 Å². The van der Waals surface area contributed by atoms with Gasteiger partial charge in [-0.3, -0.25) is 14.5 Å². The van der Waals surface area contributed by atoms with Crippen LogP contribution < -0.4 is 10.6 Å². The summed E-state index contributed by atoms with van der Waals surface area (Å²) in [4.78, 5) is 39.6. The number of hydrogen-bond acceptors (Lipinski definition) is 4. The molecule has 0 bridgehead atoms. The topological polar surface area (TPSA) is 96.3 Å². The zero-order valence-corrected chi connectivity index (χ0v) is 18.3. The standard InChI is InChI=1S/C24H25N5O3/c1-4-24(18-8-6-5-7-9-18)22(31)28(23(32)26-24)15-21(30)25-20-14-17(3)27-29(20)19-12-10-16(2)11-13-19/h5-14H,4,15H2,1-3H3,(H,25,30)(H,26,32). The number of carbonyl (C=O) groups is 3. The van der Waals surface area contributed by atoms with Crippen molar-refractivity contribution in [3.63, 3.8) is 0 Å². The van der Waals surface area contributed by atoms with Gasteiger partial charge in [-0.25, -0.2) is 9.48 Å². The monoisotopic (exact) mass is 431 g/mol. The summed E-state index contributed by atoms with van der Waals surface area (Å²) >= 11 is 0. The summed E-state index contributed by atoms with van der Waals surface area (Å²) in [5.41, 5.74) is 2.16. The molecule has 32 heavy (non-hydrogen) atoms. The van der Waals surface area contributed by atoms with E-state index in [4.69, 9.17) is 0 Å². The van der Waals surface area contributed by atoms with E-state index in [0.29, 0.717) is 17.8 Å². The van der Waals surface area contributed by atoms with Crippen molar-refractivity contribution in [2.75, 3.05) is 11.9 Å². The number of nitrogens with zero attached hydrogens (tertiary/aromatic N) is 3. The van der Waals surface area contributed by atoms with Gasteiger partial charge in [0.25, 0.3) is 5.91 Å². The van der Waals surface area contributed by atoms with Gasteiger partial charge in [0.2, 0.25) is 5.91 Å². The highest BCUT2D eigenvalue weighted by molar-refractivity contribution is 6.10. The van der Waals surface area contributed by atoms with Gasteiger partial charge in [0.05, 0.1) is 11.4 Å². The molecule has 1 unspecified atom stereocenters. The number of imide groups is 1. The van der Waals surface area contributed by atoms with Crippen LogP contribution in [0.3, 0.4) is 0 Å². The number of urea groups is 1. The normalized spacial score (nSPS) is 18.0. The van der Waals surface area contributed by atoms with E-state index in [1.165, 1.54) is 0 Å². The summed E-state index contributed by atoms with van der Waals surface area (Å²) in [5, 5.41) is 10.0. The van der Waals surface area contributed by atoms with Crippen molar-refractivity contribution in [2.24, 2.45) is 0 Å². The highest BCUT2D eigenvalue weighted by atomic mass is 16.2. The van der Waals surface area contributed by atoms with Gasteiger partial charge in [-0.15, -0.1) is 0 Å². The maximum Gasteiger partial charge on any atom is 0.325 e. The lowest BCUT2D eigenvalue weighted by Gasteiger charge is -2.25. The Morgan fingerprint density at radius 2 is 1.75 bits per heavy atom. The molecular weight excluding hydrogens is 406 g/mol. The molecule has 1 atom stereocenters. The van der Waals surface area contributed by atoms with Crippen molar-refractivity contribution in [3.8, 4) is 5.69 Å². The minimum Gasteiger partial charge on any atom is -0.319 e. The Bertz CT molecular complexity index is 1170. The van der Waals surface area contributed by atoms with Crippen LogP contribution in [0.1, 0.15) is 30.2 Å². The van der Waals surface area contributed by atoms with Crippen molar-refractivity contribution in [1.82, 2.24) is 20.0 Å². The van der Waals surface area contributed by atoms with Gasteiger partial charge in [0.15, 0.2) is 0 Å². The van der Waals surface area contributed by atoms with Crippen molar-refractivity contribution in [1.29, 1.82) is 0 Å². The second-order valence-corrected chi connectivity index (χ2v) is 7.91. The summed E-state index contributed by atoms with van der Waals surface area (Å²) in [6.07, 6.45) is 0.374. The Morgan fingerprint density at radius 1 is 1.06 bits per heavy atom. The first-order valence-corrected chi connectivity index (χ1v) is 10.5. The Balaban J connectivity index is 1.54. The lowest BCUT2D eigenvalue weighted by molar-refractivity contribution is -0.134. The van der Waals surface area contributed by atoms with Crippen molar-refractivity contribution in [3.05, 3.63) is 77.5 Å². The first-order valence-electron chi connectivity index (χ1n) is 10.5. The molecule has 8 heteroatoms. The number of amides is 4. The summed E-state index contributed by atoms with van der Waals surface area (Å²) in [5.74, 6) is -0.454. The number of anilines is 1. The van der Waals surface area contributed by atoms with Crippen LogP contribution in [0.25, 0.3) is 5.69 Å². The number of carbonyl (C=O) groups excluding carboxylic acids is 3. The fourth-order valence-electron chi connectivity index (χ4n) is 3.93. The minimum atomic E-state index is -1.17. The number of aryl methyl sites for hydroxylation is 2. The Labute approximate surface area is 186 Å². The van der Waals surface area contributed by atoms with Crippen LogP contribution in [-0.2, 0) is 15.1 Å². The van der Waals surface area contributed by atoms with Gasteiger partial charge in [0, 0.05) is 6.07 Å². The average molecular weight is 431 g/mol. The van der Waals surface area contributed by atoms with E-state index in [-0.39, 0.29) is 0 Å². The molecule has 164 valence electrons. The molecule has 0 spiro atoms. The molecule has 2 aromatic carbocycles. The minimum absolute atomic E-state index is 0.374. The highest BCUT2D eigenvalue weighted by Crippen LogP contribution is 2.32. The fourth-order valence-corrected chi connectivity index (χ4v) is 3.93. The summed E-state index contributed by atoms with van der Waals surface area (Å²) in [7, 11) is 0. The Morgan fingerprint density at radius 3 is 2.41 bits per heavy atom. The molecule has 8 nitrogen and oxygen atoms in total. The molecule has 1 fully saturated rings. The molecule has 4 rings (SSSR count). The summed E-state index contributed by atoms with van der Waals surface area (Å²) < 4.78 is 1.62. The third-order valence-electron chi connectivity index (χ3n) is 5.65. The van der Waals surface area contributed by atoms with E-state index < -0.39 is 29.9 Å². The van der Waals surface area contributed by atoms with Gasteiger partial charge < -0.3 is 10.6 Å². The molecule has 2 N–H and O–H groups in total. The lowest BCUT2D eigenvalue weighted by Crippen LogP contribution is -2.44. The molecule has 1 aliphatic rings. The molecule has 4 amide bonds. The lowest BCUT2D eigenvalue weighted by atomic mass is 9.87. The van der Waals surface area contributed by atoms with Crippen LogP contribution >= 0.6 is 0 Å². The summed E-state index contributed by atoms with van der Waals surface area (Å²) in [6, 6.07) is 18.0. The molecule has 3 aromatic rings. The molecule has 1 aliphatic heterocycles. The van der Waals surface area contributed by atoms with E-state index >= 15 is 0 Å². The van der Waals surface area contributed by atoms with Crippen molar-refractivity contribution < 1.29 is 14.4 Å². The molecule has 0 aliphatic carbocycles. The predicted octanol–water partition coefficient (Wildman–Crippen LogP) is 3.28. The van der Waals surface area contributed by atoms with Crippen molar-refractivity contribution in [2.45, 2.75) is 32.7 Å². The first kappa shape index (κ1) is 21.3. The van der Waals surface area contributed by atoms with E-state index in [1.54, 1.807) is 22.9 Å². The largest absolute Gasteiger partial charge is 0.325 e. The molecule has 1 aromatic heterocycles. The quantitative estimate of drug-likeness (QED) is 0.586. The van der Waals surface area contributed by atoms with Crippen LogP contribution in [0.15, 0.2) is 60.7 Å². The number of rotatable bonds is 6. The van der Waals surface area contributed by atoms with Crippen LogP contribution in [0.5, 0.6) is 0 Å². The highest BCUT2D eigenvalue weighted by Gasteiger charge is 2.51. The van der Waals surface area contributed by atoms with Gasteiger partial charge in [0.1, 0.15) is 17.9 Å². The van der Waals surface area contributed by atoms with E-state index in [1.807, 2.05) is 63.2 Å². The van der Waals surface area contributed by atoms with Crippen LogP contribution in [0, 0.1) is 13.8 Å². The SMILES string of the molecule is CCC1(c2ccccc2)NC(=O)N(CC(=O)Nc2cc(C)nn2-c2ccc(C)cc2)C1=O. The van der Waals surface area contributed by atoms with E-state index in [0.717, 1.165) is 21.8 Å². The zero-order valence-electron chi connectivity index (χ0n) is 18.3. The first-order chi connectivity index (χ1) is 15.3. The van der Waals surface area contributed by atoms with Crippen LogP contribution in [0.4, 0.5) is 10.6 Å². The van der Waals surface area contributed by atoms with Gasteiger partial charge >= 0.3 is 6.03 Å². The van der Waals surface area contributed by atoms with Crippen LogP contribution in [-0.4, -0.2) is 39.1 Å². The zero-order chi connectivity index (χ0) is 22.9. The maximum absolute atomic E-state index is 13.2. The fraction of sp³-hybridized carbons (Fsp3) is 0.250. The van der Waals surface area contributed by atoms with Gasteiger partial charge in [-0.05, 0) is 38.0 Å². The number of benzene rings is 2. The Kier molecular flexibility index (Phi) is 5.52. The second kappa shape index (κ2) is 8.30. The van der Waals surface area contributed by atoms with E-state index in [2.05, 4.69) is 15.7 Å². The maximum atomic E-state index is 13.2. The Hall–Kier alpha value is -3.94.